The smallest absolute Gasteiger partial charge is 0.173 e. The summed E-state index contributed by atoms with van der Waals surface area (Å²) < 4.78 is 16.7. The van der Waals surface area contributed by atoms with Crippen molar-refractivity contribution >= 4 is 0 Å². The predicted octanol–water partition coefficient (Wildman–Crippen LogP) is -3.14. The number of rotatable bonds is 5. The molecule has 0 aromatic carbocycles. The standard InChI is InChI=1S/C14H29N3O6/c1-17-9-11(20)12(8(16)10(19)13(9)21-2)23-14-7(15)4-3-6(5-18)22-14/h6-14,17-20H,3-5,15-16H2,1-2H3/t6-,7+,8+,9-,10-,11+,12-,13-,14-/m1/s1. The third kappa shape index (κ3) is 3.84. The molecule has 9 atom stereocenters. The Balaban J connectivity index is 2.10. The Morgan fingerprint density at radius 1 is 1.17 bits per heavy atom. The van der Waals surface area contributed by atoms with Crippen molar-refractivity contribution in [1.82, 2.24) is 5.32 Å². The fourth-order valence-electron chi connectivity index (χ4n) is 3.34. The van der Waals surface area contributed by atoms with Crippen LogP contribution < -0.4 is 16.8 Å². The van der Waals surface area contributed by atoms with Gasteiger partial charge < -0.3 is 46.3 Å². The van der Waals surface area contributed by atoms with Crippen molar-refractivity contribution in [3.63, 3.8) is 0 Å². The van der Waals surface area contributed by atoms with E-state index in [1.165, 1.54) is 7.11 Å². The Morgan fingerprint density at radius 3 is 2.43 bits per heavy atom. The minimum absolute atomic E-state index is 0.126. The van der Waals surface area contributed by atoms with E-state index < -0.39 is 42.8 Å². The van der Waals surface area contributed by atoms with Gasteiger partial charge in [0.05, 0.1) is 43.0 Å². The topological polar surface area (TPSA) is 152 Å². The first-order valence-electron chi connectivity index (χ1n) is 7.93. The van der Waals surface area contributed by atoms with Gasteiger partial charge >= 0.3 is 0 Å². The maximum Gasteiger partial charge on any atom is 0.173 e. The van der Waals surface area contributed by atoms with Gasteiger partial charge in [0.1, 0.15) is 12.2 Å². The second-order valence-corrected chi connectivity index (χ2v) is 6.22. The number of aliphatic hydroxyl groups excluding tert-OH is 3. The van der Waals surface area contributed by atoms with E-state index in [1.807, 2.05) is 0 Å². The Bertz CT molecular complexity index is 376. The van der Waals surface area contributed by atoms with Crippen molar-refractivity contribution in [2.24, 2.45) is 11.5 Å². The largest absolute Gasteiger partial charge is 0.394 e. The highest BCUT2D eigenvalue weighted by Gasteiger charge is 2.50. The van der Waals surface area contributed by atoms with Gasteiger partial charge in [-0.1, -0.05) is 0 Å². The molecule has 1 aliphatic carbocycles. The van der Waals surface area contributed by atoms with Gasteiger partial charge in [0.15, 0.2) is 6.29 Å². The van der Waals surface area contributed by atoms with E-state index >= 15 is 0 Å². The number of hydrogen-bond donors (Lipinski definition) is 6. The van der Waals surface area contributed by atoms with Gasteiger partial charge in [-0.05, 0) is 19.9 Å². The Kier molecular flexibility index (Phi) is 6.72. The van der Waals surface area contributed by atoms with Crippen LogP contribution >= 0.6 is 0 Å². The number of nitrogens with two attached hydrogens (primary N) is 2. The highest BCUT2D eigenvalue weighted by Crippen LogP contribution is 2.28. The number of likely N-dealkylation sites (N-methyl/N-ethyl adjacent to an activating group) is 1. The fourth-order valence-corrected chi connectivity index (χ4v) is 3.34. The minimum Gasteiger partial charge on any atom is -0.394 e. The zero-order chi connectivity index (χ0) is 17.1. The molecule has 1 saturated carbocycles. The lowest BCUT2D eigenvalue weighted by atomic mass is 9.81. The fraction of sp³-hybridized carbons (Fsp3) is 1.00. The zero-order valence-electron chi connectivity index (χ0n) is 13.5. The molecule has 1 saturated heterocycles. The third-order valence-corrected chi connectivity index (χ3v) is 4.77. The van der Waals surface area contributed by atoms with Gasteiger partial charge in [-0.25, -0.2) is 0 Å². The van der Waals surface area contributed by atoms with Gasteiger partial charge in [0, 0.05) is 7.11 Å². The molecule has 1 heterocycles. The average Bonchev–Trinajstić information content (AvgIpc) is 2.56. The van der Waals surface area contributed by atoms with Gasteiger partial charge in [0.2, 0.25) is 0 Å². The normalized spacial score (nSPS) is 48.4. The molecule has 23 heavy (non-hydrogen) atoms. The molecule has 0 aromatic heterocycles. The van der Waals surface area contributed by atoms with Crippen LogP contribution in [0.2, 0.25) is 0 Å². The number of aliphatic hydroxyl groups is 3. The van der Waals surface area contributed by atoms with E-state index in [1.54, 1.807) is 7.05 Å². The molecule has 0 radical (unpaired) electrons. The summed E-state index contributed by atoms with van der Waals surface area (Å²) in [4.78, 5) is 0. The van der Waals surface area contributed by atoms with Crippen LogP contribution in [0.1, 0.15) is 12.8 Å². The summed E-state index contributed by atoms with van der Waals surface area (Å²) in [6.07, 6.45) is -3.42. The highest BCUT2D eigenvalue weighted by molar-refractivity contribution is 5.05. The third-order valence-electron chi connectivity index (χ3n) is 4.77. The molecule has 9 heteroatoms. The first-order chi connectivity index (χ1) is 10.9. The van der Waals surface area contributed by atoms with Gasteiger partial charge in [-0.2, -0.15) is 0 Å². The first-order valence-corrected chi connectivity index (χ1v) is 7.93. The zero-order valence-corrected chi connectivity index (χ0v) is 13.5. The van der Waals surface area contributed by atoms with Crippen LogP contribution in [0, 0.1) is 0 Å². The van der Waals surface area contributed by atoms with E-state index in [0.29, 0.717) is 12.8 Å². The number of ether oxygens (including phenoxy) is 3. The molecule has 0 unspecified atom stereocenters. The van der Waals surface area contributed by atoms with E-state index in [2.05, 4.69) is 5.32 Å². The molecular weight excluding hydrogens is 306 g/mol. The SMILES string of the molecule is CN[C@@H]1[C@H](O)[C@H](O[C@H]2O[C@@H](CO)CC[C@@H]2N)[C@@H](N)[C@@H](O)[C@@H]1OC. The van der Waals surface area contributed by atoms with Crippen LogP contribution in [-0.4, -0.2) is 91.0 Å². The van der Waals surface area contributed by atoms with Gasteiger partial charge in [-0.15, -0.1) is 0 Å². The van der Waals surface area contributed by atoms with Crippen molar-refractivity contribution in [3.8, 4) is 0 Å². The molecule has 0 aromatic rings. The van der Waals surface area contributed by atoms with Crippen LogP contribution in [0.25, 0.3) is 0 Å². The Morgan fingerprint density at radius 2 is 1.87 bits per heavy atom. The summed E-state index contributed by atoms with van der Waals surface area (Å²) in [5, 5.41) is 33.0. The van der Waals surface area contributed by atoms with Crippen LogP contribution in [0.5, 0.6) is 0 Å². The molecule has 0 spiro atoms. The second-order valence-electron chi connectivity index (χ2n) is 6.22. The lowest BCUT2D eigenvalue weighted by Gasteiger charge is -2.47. The summed E-state index contributed by atoms with van der Waals surface area (Å²) in [6.45, 7) is -0.126. The first kappa shape index (κ1) is 19.0. The lowest BCUT2D eigenvalue weighted by molar-refractivity contribution is -0.264. The molecule has 2 aliphatic rings. The van der Waals surface area contributed by atoms with Crippen molar-refractivity contribution in [2.45, 2.75) is 67.8 Å². The highest BCUT2D eigenvalue weighted by atomic mass is 16.7. The second kappa shape index (κ2) is 8.15. The maximum atomic E-state index is 10.6. The molecule has 136 valence electrons. The summed E-state index contributed by atoms with van der Waals surface area (Å²) in [7, 11) is 3.11. The van der Waals surface area contributed by atoms with Crippen molar-refractivity contribution in [1.29, 1.82) is 0 Å². The monoisotopic (exact) mass is 335 g/mol. The summed E-state index contributed by atoms with van der Waals surface area (Å²) in [5.74, 6) is 0. The maximum absolute atomic E-state index is 10.6. The van der Waals surface area contributed by atoms with Crippen molar-refractivity contribution in [3.05, 3.63) is 0 Å². The van der Waals surface area contributed by atoms with Crippen LogP contribution in [0.3, 0.4) is 0 Å². The van der Waals surface area contributed by atoms with Crippen LogP contribution in [0.15, 0.2) is 0 Å². The van der Waals surface area contributed by atoms with Crippen LogP contribution in [0.4, 0.5) is 0 Å². The van der Waals surface area contributed by atoms with Crippen LogP contribution in [-0.2, 0) is 14.2 Å². The summed E-state index contributed by atoms with van der Waals surface area (Å²) in [6, 6.07) is -1.79. The molecule has 8 N–H and O–H groups in total. The van der Waals surface area contributed by atoms with E-state index in [9.17, 15) is 15.3 Å². The van der Waals surface area contributed by atoms with E-state index in [0.717, 1.165) is 0 Å². The Labute approximate surface area is 135 Å². The van der Waals surface area contributed by atoms with E-state index in [4.69, 9.17) is 25.7 Å². The lowest BCUT2D eigenvalue weighted by Crippen LogP contribution is -2.71. The number of hydrogen-bond acceptors (Lipinski definition) is 9. The van der Waals surface area contributed by atoms with Gasteiger partial charge in [-0.3, -0.25) is 0 Å². The Hall–Kier alpha value is -0.360. The summed E-state index contributed by atoms with van der Waals surface area (Å²) >= 11 is 0. The van der Waals surface area contributed by atoms with E-state index in [-0.39, 0.29) is 18.8 Å². The molecule has 1 aliphatic heterocycles. The average molecular weight is 335 g/mol. The number of methoxy groups -OCH3 is 1. The predicted molar refractivity (Wildman–Crippen MR) is 81.5 cm³/mol. The molecule has 0 amide bonds. The quantitative estimate of drug-likeness (QED) is 0.306. The number of nitrogens with one attached hydrogen (secondary N) is 1. The molecule has 9 nitrogen and oxygen atoms in total. The molecule has 2 fully saturated rings. The van der Waals surface area contributed by atoms with Gasteiger partial charge in [0.25, 0.3) is 0 Å². The van der Waals surface area contributed by atoms with Crippen molar-refractivity contribution in [2.75, 3.05) is 20.8 Å². The summed E-state index contributed by atoms with van der Waals surface area (Å²) in [5.41, 5.74) is 12.0. The minimum atomic E-state index is -1.01. The molecular formula is C14H29N3O6. The van der Waals surface area contributed by atoms with Crippen molar-refractivity contribution < 1.29 is 29.5 Å². The molecule has 2 rings (SSSR count). The molecule has 0 bridgehead atoms.